The van der Waals surface area contributed by atoms with Crippen molar-refractivity contribution >= 4 is 57.9 Å². The van der Waals surface area contributed by atoms with Gasteiger partial charge in [0.05, 0.1) is 15.5 Å². The number of carbonyl (C=O) groups excluding carboxylic acids is 2. The molecule has 0 atom stereocenters. The third-order valence-corrected chi connectivity index (χ3v) is 7.96. The molecule has 1 fully saturated rings. The minimum Gasteiger partial charge on any atom is -0.478 e. The maximum atomic E-state index is 13.2. The molecule has 1 aliphatic rings. The first-order valence-electron chi connectivity index (χ1n) is 11.3. The number of piperazine rings is 1. The molecule has 1 aliphatic heterocycles. The van der Waals surface area contributed by atoms with E-state index in [-0.39, 0.29) is 28.9 Å². The summed E-state index contributed by atoms with van der Waals surface area (Å²) in [5.41, 5.74) is 1.90. The number of hydrogen-bond donors (Lipinski definition) is 2. The third-order valence-electron chi connectivity index (χ3n) is 6.09. The summed E-state index contributed by atoms with van der Waals surface area (Å²) in [7, 11) is 2.09. The Balaban J connectivity index is 1.50. The van der Waals surface area contributed by atoms with Gasteiger partial charge in [0.25, 0.3) is 5.91 Å². The molecule has 0 spiro atoms. The van der Waals surface area contributed by atoms with E-state index in [9.17, 15) is 19.5 Å². The second kappa shape index (κ2) is 11.5. The number of rotatable bonds is 8. The fraction of sp³-hybridized carbons (Fsp3) is 0.269. The Hall–Kier alpha value is -2.75. The zero-order valence-electron chi connectivity index (χ0n) is 19.6. The molecule has 2 heterocycles. The molecule has 0 aliphatic carbocycles. The molecule has 0 bridgehead atoms. The number of amides is 1. The van der Waals surface area contributed by atoms with Crippen molar-refractivity contribution in [2.75, 3.05) is 38.5 Å². The van der Waals surface area contributed by atoms with Crippen LogP contribution in [0.3, 0.4) is 0 Å². The number of carbonyl (C=O) groups is 3. The molecule has 1 saturated heterocycles. The first kappa shape index (κ1) is 26.3. The molecule has 188 valence electrons. The van der Waals surface area contributed by atoms with Crippen molar-refractivity contribution < 1.29 is 19.5 Å². The molecular weight excluding hydrogens is 521 g/mol. The summed E-state index contributed by atoms with van der Waals surface area (Å²) < 4.78 is 0. The molecule has 3 aromatic rings. The molecule has 10 heteroatoms. The van der Waals surface area contributed by atoms with E-state index in [0.29, 0.717) is 27.2 Å². The van der Waals surface area contributed by atoms with E-state index >= 15 is 0 Å². The lowest BCUT2D eigenvalue weighted by atomic mass is 9.98. The van der Waals surface area contributed by atoms with E-state index in [4.69, 9.17) is 23.2 Å². The lowest BCUT2D eigenvalue weighted by Gasteiger charge is -2.32. The van der Waals surface area contributed by atoms with Crippen LogP contribution in [-0.4, -0.2) is 65.8 Å². The number of halogens is 2. The first-order chi connectivity index (χ1) is 17.2. The number of aromatic carboxylic acids is 1. The molecule has 7 nitrogen and oxygen atoms in total. The number of likely N-dealkylation sites (N-methyl/N-ethyl adjacent to an activating group) is 1. The van der Waals surface area contributed by atoms with Crippen LogP contribution in [0.1, 0.15) is 41.5 Å². The van der Waals surface area contributed by atoms with Crippen LogP contribution in [-0.2, 0) is 13.0 Å². The van der Waals surface area contributed by atoms with E-state index in [1.807, 2.05) is 5.38 Å². The smallest absolute Gasteiger partial charge is 0.335 e. The quantitative estimate of drug-likeness (QED) is 0.379. The van der Waals surface area contributed by atoms with Gasteiger partial charge in [0.1, 0.15) is 0 Å². The summed E-state index contributed by atoms with van der Waals surface area (Å²) in [4.78, 5) is 42.7. The third kappa shape index (κ3) is 6.32. The highest BCUT2D eigenvalue weighted by atomic mass is 35.5. The van der Waals surface area contributed by atoms with E-state index in [2.05, 4.69) is 22.2 Å². The Morgan fingerprint density at radius 2 is 1.69 bits per heavy atom. The lowest BCUT2D eigenvalue weighted by molar-refractivity contribution is 0.0695. The topological polar surface area (TPSA) is 90.0 Å². The molecule has 0 radical (unpaired) electrons. The van der Waals surface area contributed by atoms with Crippen LogP contribution in [0.15, 0.2) is 47.8 Å². The monoisotopic (exact) mass is 545 g/mol. The highest BCUT2D eigenvalue weighted by Crippen LogP contribution is 2.31. The van der Waals surface area contributed by atoms with E-state index in [1.165, 1.54) is 29.5 Å². The fourth-order valence-electron chi connectivity index (χ4n) is 4.00. The van der Waals surface area contributed by atoms with E-state index in [1.54, 1.807) is 24.3 Å². The molecule has 1 amide bonds. The van der Waals surface area contributed by atoms with E-state index in [0.717, 1.165) is 31.7 Å². The molecular formula is C26H25Cl2N3O4S. The van der Waals surface area contributed by atoms with Crippen molar-refractivity contribution in [3.05, 3.63) is 85.0 Å². The van der Waals surface area contributed by atoms with Gasteiger partial charge >= 0.3 is 5.97 Å². The van der Waals surface area contributed by atoms with Crippen molar-refractivity contribution in [1.82, 2.24) is 9.80 Å². The zero-order valence-corrected chi connectivity index (χ0v) is 21.9. The van der Waals surface area contributed by atoms with Gasteiger partial charge in [-0.2, -0.15) is 0 Å². The Kier molecular flexibility index (Phi) is 8.43. The summed E-state index contributed by atoms with van der Waals surface area (Å²) in [5, 5.41) is 15.2. The van der Waals surface area contributed by atoms with Gasteiger partial charge in [-0.05, 0) is 66.0 Å². The van der Waals surface area contributed by atoms with Gasteiger partial charge in [0.15, 0.2) is 5.78 Å². The average Bonchev–Trinajstić information content (AvgIpc) is 3.21. The zero-order chi connectivity index (χ0) is 25.8. The number of carboxylic acid groups (broad SMARTS) is 1. The summed E-state index contributed by atoms with van der Waals surface area (Å²) in [5.74, 6) is -1.88. The first-order valence-corrected chi connectivity index (χ1v) is 13.0. The summed E-state index contributed by atoms with van der Waals surface area (Å²) in [6, 6.07) is 10.8. The maximum absolute atomic E-state index is 13.2. The van der Waals surface area contributed by atoms with Crippen LogP contribution >= 0.6 is 34.5 Å². The molecule has 2 N–H and O–H groups in total. The predicted octanol–water partition coefficient (Wildman–Crippen LogP) is 5.18. The second-order valence-electron chi connectivity index (χ2n) is 8.72. The Morgan fingerprint density at radius 1 is 1.00 bits per heavy atom. The number of carboxylic acids is 1. The fourth-order valence-corrected chi connectivity index (χ4v) is 5.44. The standard InChI is InChI=1S/C26H25Cl2N3O4S/c1-30-8-10-31(11-9-30)14-18-15-36-24(23(18)28)22(32)13-17-12-16(2-7-21(17)26(34)35)25(33)29-20-5-3-19(27)4-6-20/h2-7,12,15H,8-11,13-14H2,1H3,(H,29,33)(H,34,35). The Bertz CT molecular complexity index is 1280. The van der Waals surface area contributed by atoms with Crippen molar-refractivity contribution in [1.29, 1.82) is 0 Å². The van der Waals surface area contributed by atoms with Gasteiger partial charge in [0, 0.05) is 55.4 Å². The minimum absolute atomic E-state index is 0.0308. The predicted molar refractivity (Wildman–Crippen MR) is 143 cm³/mol. The Morgan fingerprint density at radius 3 is 2.36 bits per heavy atom. The van der Waals surface area contributed by atoms with Gasteiger partial charge in [0.2, 0.25) is 0 Å². The molecule has 1 aromatic heterocycles. The molecule has 0 saturated carbocycles. The average molecular weight is 546 g/mol. The van der Waals surface area contributed by atoms with Gasteiger partial charge in [-0.1, -0.05) is 23.2 Å². The molecule has 36 heavy (non-hydrogen) atoms. The second-order valence-corrected chi connectivity index (χ2v) is 10.4. The highest BCUT2D eigenvalue weighted by Gasteiger charge is 2.23. The number of nitrogens with zero attached hydrogens (tertiary/aromatic N) is 2. The van der Waals surface area contributed by atoms with Gasteiger partial charge < -0.3 is 15.3 Å². The lowest BCUT2D eigenvalue weighted by Crippen LogP contribution is -2.43. The number of nitrogens with one attached hydrogen (secondary N) is 1. The molecule has 2 aromatic carbocycles. The molecule has 4 rings (SSSR count). The highest BCUT2D eigenvalue weighted by molar-refractivity contribution is 7.13. The summed E-state index contributed by atoms with van der Waals surface area (Å²) in [6.45, 7) is 4.48. The Labute approximate surface area is 223 Å². The van der Waals surface area contributed by atoms with Crippen LogP contribution in [0, 0.1) is 0 Å². The van der Waals surface area contributed by atoms with Crippen molar-refractivity contribution in [2.45, 2.75) is 13.0 Å². The van der Waals surface area contributed by atoms with Gasteiger partial charge in [-0.3, -0.25) is 14.5 Å². The minimum atomic E-state index is -1.17. The van der Waals surface area contributed by atoms with Crippen molar-refractivity contribution in [2.24, 2.45) is 0 Å². The van der Waals surface area contributed by atoms with Crippen LogP contribution in [0.4, 0.5) is 5.69 Å². The SMILES string of the molecule is CN1CCN(Cc2csc(C(=O)Cc3cc(C(=O)Nc4ccc(Cl)cc4)ccc3C(=O)O)c2Cl)CC1. The van der Waals surface area contributed by atoms with Crippen LogP contribution in [0.25, 0.3) is 0 Å². The summed E-state index contributed by atoms with van der Waals surface area (Å²) in [6.07, 6.45) is -0.183. The number of ketones is 1. The van der Waals surface area contributed by atoms with Crippen LogP contribution in [0.2, 0.25) is 10.0 Å². The van der Waals surface area contributed by atoms with Crippen LogP contribution < -0.4 is 5.32 Å². The summed E-state index contributed by atoms with van der Waals surface area (Å²) >= 11 is 13.7. The number of anilines is 1. The number of hydrogen-bond acceptors (Lipinski definition) is 6. The largest absolute Gasteiger partial charge is 0.478 e. The molecule has 0 unspecified atom stereocenters. The number of Topliss-reactive ketones (excluding diaryl/α,β-unsaturated/α-hetero) is 1. The normalized spacial score (nSPS) is 14.5. The van der Waals surface area contributed by atoms with E-state index < -0.39 is 11.9 Å². The van der Waals surface area contributed by atoms with Crippen molar-refractivity contribution in [3.8, 4) is 0 Å². The number of thiophene rings is 1. The van der Waals surface area contributed by atoms with Crippen molar-refractivity contribution in [3.63, 3.8) is 0 Å². The maximum Gasteiger partial charge on any atom is 0.335 e. The van der Waals surface area contributed by atoms with Crippen LogP contribution in [0.5, 0.6) is 0 Å². The van der Waals surface area contributed by atoms with Gasteiger partial charge in [-0.25, -0.2) is 4.79 Å². The number of benzene rings is 2. The van der Waals surface area contributed by atoms with Gasteiger partial charge in [-0.15, -0.1) is 11.3 Å².